The Morgan fingerprint density at radius 2 is 2.33 bits per heavy atom. The van der Waals surface area contributed by atoms with E-state index >= 15 is 0 Å². The first-order chi connectivity index (χ1) is 11.7. The molecule has 0 saturated heterocycles. The predicted octanol–water partition coefficient (Wildman–Crippen LogP) is 4.04. The minimum atomic E-state index is -0.0644. The Morgan fingerprint density at radius 1 is 1.42 bits per heavy atom. The second-order valence-corrected chi connectivity index (χ2v) is 7.95. The quantitative estimate of drug-likeness (QED) is 0.766. The molecule has 0 fully saturated rings. The van der Waals surface area contributed by atoms with Crippen molar-refractivity contribution in [1.82, 2.24) is 10.3 Å². The monoisotopic (exact) mass is 356 g/mol. The van der Waals surface area contributed by atoms with Crippen LogP contribution in [0.5, 0.6) is 0 Å². The summed E-state index contributed by atoms with van der Waals surface area (Å²) in [6.45, 7) is 2.46. The summed E-state index contributed by atoms with van der Waals surface area (Å²) in [5.74, 6) is 0.655. The predicted molar refractivity (Wildman–Crippen MR) is 96.2 cm³/mol. The summed E-state index contributed by atoms with van der Waals surface area (Å²) in [6, 6.07) is 10.3. The van der Waals surface area contributed by atoms with Gasteiger partial charge >= 0.3 is 0 Å². The second kappa shape index (κ2) is 6.45. The average molecular weight is 356 g/mol. The summed E-state index contributed by atoms with van der Waals surface area (Å²) in [7, 11) is 0. The Hall–Kier alpha value is -2.05. The number of fused-ring (bicyclic) bond motifs is 1. The average Bonchev–Trinajstić information content (AvgIpc) is 3.30. The number of hydrogen-bond donors (Lipinski definition) is 1. The Labute approximate surface area is 148 Å². The standard InChI is InChI=1S/C18H16N2O2S2/c1-11-4-5-12-8-16(24-15(12)7-11)17(21)19-9-13-10-22-18(20-13)14-3-2-6-23-14/h2-7,10,16H,8-9H2,1H3,(H,19,21). The van der Waals surface area contributed by atoms with Gasteiger partial charge in [-0.05, 0) is 36.4 Å². The molecule has 4 nitrogen and oxygen atoms in total. The molecule has 4 rings (SSSR count). The summed E-state index contributed by atoms with van der Waals surface area (Å²) < 4.78 is 5.47. The number of thiophene rings is 1. The van der Waals surface area contributed by atoms with Crippen molar-refractivity contribution in [3.63, 3.8) is 0 Å². The second-order valence-electron chi connectivity index (χ2n) is 5.76. The van der Waals surface area contributed by atoms with Gasteiger partial charge in [-0.2, -0.15) is 0 Å². The number of aromatic nitrogens is 1. The van der Waals surface area contributed by atoms with Crippen LogP contribution in [0.15, 0.2) is 51.3 Å². The Morgan fingerprint density at radius 3 is 3.17 bits per heavy atom. The Bertz CT molecular complexity index is 871. The number of nitrogens with zero attached hydrogens (tertiary/aromatic N) is 1. The highest BCUT2D eigenvalue weighted by atomic mass is 32.2. The first-order valence-corrected chi connectivity index (χ1v) is 9.47. The van der Waals surface area contributed by atoms with Gasteiger partial charge in [0.15, 0.2) is 0 Å². The molecule has 3 heterocycles. The molecule has 24 heavy (non-hydrogen) atoms. The first-order valence-electron chi connectivity index (χ1n) is 7.71. The number of oxazole rings is 1. The lowest BCUT2D eigenvalue weighted by Gasteiger charge is -2.08. The fourth-order valence-electron chi connectivity index (χ4n) is 2.67. The maximum Gasteiger partial charge on any atom is 0.236 e. The van der Waals surface area contributed by atoms with E-state index in [-0.39, 0.29) is 11.2 Å². The summed E-state index contributed by atoms with van der Waals surface area (Å²) in [6.07, 6.45) is 2.39. The number of nitrogens with one attached hydrogen (secondary N) is 1. The van der Waals surface area contributed by atoms with Crippen LogP contribution < -0.4 is 5.32 Å². The molecule has 1 aromatic carbocycles. The van der Waals surface area contributed by atoms with Crippen LogP contribution in [0.4, 0.5) is 0 Å². The molecule has 0 aliphatic carbocycles. The number of benzene rings is 1. The van der Waals surface area contributed by atoms with E-state index in [9.17, 15) is 4.79 Å². The Kier molecular flexibility index (Phi) is 4.16. The van der Waals surface area contributed by atoms with E-state index in [4.69, 9.17) is 4.42 Å². The SMILES string of the molecule is Cc1ccc2c(c1)SC(C(=O)NCc1coc(-c3cccs3)n1)C2. The Balaban J connectivity index is 1.36. The van der Waals surface area contributed by atoms with Crippen LogP contribution in [0.1, 0.15) is 16.8 Å². The zero-order valence-electron chi connectivity index (χ0n) is 13.1. The molecule has 2 aromatic heterocycles. The number of aryl methyl sites for hydroxylation is 1. The normalized spacial score (nSPS) is 16.1. The molecular weight excluding hydrogens is 340 g/mol. The maximum absolute atomic E-state index is 12.4. The van der Waals surface area contributed by atoms with Gasteiger partial charge in [-0.15, -0.1) is 23.1 Å². The summed E-state index contributed by atoms with van der Waals surface area (Å²) in [4.78, 5) is 19.1. The van der Waals surface area contributed by atoms with Gasteiger partial charge in [0.1, 0.15) is 6.26 Å². The minimum Gasteiger partial charge on any atom is -0.443 e. The van der Waals surface area contributed by atoms with E-state index in [1.54, 1.807) is 29.4 Å². The number of amides is 1. The van der Waals surface area contributed by atoms with Gasteiger partial charge in [0, 0.05) is 4.90 Å². The lowest BCUT2D eigenvalue weighted by molar-refractivity contribution is -0.120. The van der Waals surface area contributed by atoms with Crippen molar-refractivity contribution >= 4 is 29.0 Å². The third-order valence-corrected chi connectivity index (χ3v) is 6.07. The lowest BCUT2D eigenvalue weighted by Crippen LogP contribution is -2.32. The van der Waals surface area contributed by atoms with Gasteiger partial charge in [0.05, 0.1) is 22.4 Å². The van der Waals surface area contributed by atoms with E-state index in [1.807, 2.05) is 17.5 Å². The maximum atomic E-state index is 12.4. The van der Waals surface area contributed by atoms with E-state index < -0.39 is 0 Å². The summed E-state index contributed by atoms with van der Waals surface area (Å²) in [5.41, 5.74) is 3.22. The number of rotatable bonds is 4. The lowest BCUT2D eigenvalue weighted by atomic mass is 10.1. The van der Waals surface area contributed by atoms with Crippen LogP contribution in [-0.4, -0.2) is 16.1 Å². The molecule has 1 N–H and O–H groups in total. The van der Waals surface area contributed by atoms with E-state index in [1.165, 1.54) is 16.0 Å². The molecule has 0 saturated carbocycles. The summed E-state index contributed by atoms with van der Waals surface area (Å²) in [5, 5.41) is 4.89. The van der Waals surface area contributed by atoms with Crippen LogP contribution >= 0.6 is 23.1 Å². The molecule has 0 spiro atoms. The molecule has 1 unspecified atom stereocenters. The largest absolute Gasteiger partial charge is 0.443 e. The van der Waals surface area contributed by atoms with Crippen molar-refractivity contribution in [2.75, 3.05) is 0 Å². The van der Waals surface area contributed by atoms with Crippen LogP contribution in [0.25, 0.3) is 10.8 Å². The van der Waals surface area contributed by atoms with Gasteiger partial charge in [0.2, 0.25) is 11.8 Å². The van der Waals surface area contributed by atoms with Crippen LogP contribution in [0, 0.1) is 6.92 Å². The highest BCUT2D eigenvalue weighted by Gasteiger charge is 2.28. The van der Waals surface area contributed by atoms with Gasteiger partial charge in [0.25, 0.3) is 0 Å². The van der Waals surface area contributed by atoms with Gasteiger partial charge in [-0.3, -0.25) is 4.79 Å². The third-order valence-electron chi connectivity index (χ3n) is 3.92. The van der Waals surface area contributed by atoms with Crippen molar-refractivity contribution < 1.29 is 9.21 Å². The zero-order chi connectivity index (χ0) is 16.5. The van der Waals surface area contributed by atoms with Crippen molar-refractivity contribution in [3.8, 4) is 10.8 Å². The topological polar surface area (TPSA) is 55.1 Å². The van der Waals surface area contributed by atoms with Crippen molar-refractivity contribution in [2.24, 2.45) is 0 Å². The van der Waals surface area contributed by atoms with Crippen molar-refractivity contribution in [3.05, 3.63) is 58.8 Å². The number of thioether (sulfide) groups is 1. The molecule has 0 radical (unpaired) electrons. The van der Waals surface area contributed by atoms with Gasteiger partial charge < -0.3 is 9.73 Å². The van der Waals surface area contributed by atoms with Gasteiger partial charge in [-0.1, -0.05) is 23.8 Å². The van der Waals surface area contributed by atoms with Crippen molar-refractivity contribution in [1.29, 1.82) is 0 Å². The number of carbonyl (C=O) groups excluding carboxylic acids is 1. The summed E-state index contributed by atoms with van der Waals surface area (Å²) >= 11 is 3.22. The molecule has 1 amide bonds. The van der Waals surface area contributed by atoms with Crippen LogP contribution in [0.3, 0.4) is 0 Å². The van der Waals surface area contributed by atoms with Gasteiger partial charge in [-0.25, -0.2) is 4.98 Å². The van der Waals surface area contributed by atoms with E-state index in [2.05, 4.69) is 35.4 Å². The highest BCUT2D eigenvalue weighted by Crippen LogP contribution is 2.37. The van der Waals surface area contributed by atoms with Crippen molar-refractivity contribution in [2.45, 2.75) is 30.0 Å². The molecule has 1 aliphatic rings. The molecule has 6 heteroatoms. The fraction of sp³-hybridized carbons (Fsp3) is 0.222. The molecule has 3 aromatic rings. The van der Waals surface area contributed by atoms with E-state index in [0.29, 0.717) is 12.4 Å². The number of carbonyl (C=O) groups is 1. The minimum absolute atomic E-state index is 0.0505. The third kappa shape index (κ3) is 3.12. The van der Waals surface area contributed by atoms with Crippen LogP contribution in [-0.2, 0) is 17.8 Å². The zero-order valence-corrected chi connectivity index (χ0v) is 14.7. The fourth-order valence-corrected chi connectivity index (χ4v) is 4.65. The molecular formula is C18H16N2O2S2. The first kappa shape index (κ1) is 15.5. The number of hydrogen-bond acceptors (Lipinski definition) is 5. The smallest absolute Gasteiger partial charge is 0.236 e. The van der Waals surface area contributed by atoms with E-state index in [0.717, 1.165) is 17.0 Å². The molecule has 0 bridgehead atoms. The molecule has 122 valence electrons. The van der Waals surface area contributed by atoms with Crippen LogP contribution in [0.2, 0.25) is 0 Å². The molecule has 1 aliphatic heterocycles. The molecule has 1 atom stereocenters. The highest BCUT2D eigenvalue weighted by molar-refractivity contribution is 8.01.